The zero-order valence-corrected chi connectivity index (χ0v) is 9.30. The quantitative estimate of drug-likeness (QED) is 0.790. The van der Waals surface area contributed by atoms with Crippen LogP contribution in [0.4, 0.5) is 4.39 Å². The fourth-order valence-corrected chi connectivity index (χ4v) is 1.77. The lowest BCUT2D eigenvalue weighted by Gasteiger charge is -2.32. The lowest BCUT2D eigenvalue weighted by Crippen LogP contribution is -2.48. The van der Waals surface area contributed by atoms with E-state index < -0.39 is 5.82 Å². The fraction of sp³-hybridized carbons (Fsp3) is 0.455. The number of hydrogen-bond donors (Lipinski definition) is 1. The molecule has 0 aliphatic carbocycles. The summed E-state index contributed by atoms with van der Waals surface area (Å²) >= 11 is 0. The van der Waals surface area contributed by atoms with Crippen molar-refractivity contribution in [2.24, 2.45) is 5.73 Å². The maximum Gasteiger partial charge on any atom is 0.257 e. The van der Waals surface area contributed by atoms with Crippen LogP contribution < -0.4 is 5.73 Å². The number of morpholine rings is 1. The van der Waals surface area contributed by atoms with Gasteiger partial charge in [0, 0.05) is 25.8 Å². The summed E-state index contributed by atoms with van der Waals surface area (Å²) in [7, 11) is 0. The van der Waals surface area contributed by atoms with E-state index in [-0.39, 0.29) is 17.6 Å². The van der Waals surface area contributed by atoms with E-state index in [1.54, 1.807) is 4.90 Å². The van der Waals surface area contributed by atoms with Crippen molar-refractivity contribution in [1.82, 2.24) is 9.88 Å². The van der Waals surface area contributed by atoms with Crippen LogP contribution in [0.3, 0.4) is 0 Å². The number of carbonyl (C=O) groups excluding carboxylic acids is 1. The molecule has 0 aromatic carbocycles. The Hall–Kier alpha value is -1.53. The average molecular weight is 239 g/mol. The molecule has 0 radical (unpaired) electrons. The molecule has 1 aromatic rings. The van der Waals surface area contributed by atoms with Crippen molar-refractivity contribution in [1.29, 1.82) is 0 Å². The van der Waals surface area contributed by atoms with Crippen LogP contribution in [0, 0.1) is 5.82 Å². The molecule has 1 saturated heterocycles. The lowest BCUT2D eigenvalue weighted by atomic mass is 10.2. The van der Waals surface area contributed by atoms with Gasteiger partial charge in [-0.05, 0) is 6.07 Å². The maximum atomic E-state index is 13.4. The molecule has 0 bridgehead atoms. The van der Waals surface area contributed by atoms with Crippen LogP contribution in [-0.4, -0.2) is 48.1 Å². The zero-order chi connectivity index (χ0) is 12.3. The largest absolute Gasteiger partial charge is 0.373 e. The molecule has 1 aliphatic rings. The molecule has 1 atom stereocenters. The van der Waals surface area contributed by atoms with Crippen molar-refractivity contribution in [2.75, 3.05) is 26.2 Å². The number of amides is 1. The highest BCUT2D eigenvalue weighted by atomic mass is 19.1. The van der Waals surface area contributed by atoms with Crippen LogP contribution in [0.1, 0.15) is 10.4 Å². The number of nitrogens with two attached hydrogens (primary N) is 1. The van der Waals surface area contributed by atoms with Crippen molar-refractivity contribution < 1.29 is 13.9 Å². The van der Waals surface area contributed by atoms with Gasteiger partial charge in [0.25, 0.3) is 5.91 Å². The molecule has 2 heterocycles. The Morgan fingerprint density at radius 1 is 1.71 bits per heavy atom. The van der Waals surface area contributed by atoms with Crippen LogP contribution in [0.2, 0.25) is 0 Å². The number of hydrogen-bond acceptors (Lipinski definition) is 4. The van der Waals surface area contributed by atoms with Gasteiger partial charge in [-0.1, -0.05) is 0 Å². The molecule has 1 amide bonds. The summed E-state index contributed by atoms with van der Waals surface area (Å²) in [5, 5.41) is 0. The summed E-state index contributed by atoms with van der Waals surface area (Å²) in [5.74, 6) is -0.944. The van der Waals surface area contributed by atoms with E-state index >= 15 is 0 Å². The summed E-state index contributed by atoms with van der Waals surface area (Å²) < 4.78 is 18.8. The number of aromatic nitrogens is 1. The Balaban J connectivity index is 2.12. The molecule has 2 N–H and O–H groups in total. The topological polar surface area (TPSA) is 68.5 Å². The number of pyridine rings is 1. The normalized spacial score (nSPS) is 20.4. The van der Waals surface area contributed by atoms with Gasteiger partial charge in [0.15, 0.2) is 5.82 Å². The molecule has 1 fully saturated rings. The first kappa shape index (κ1) is 11.9. The van der Waals surface area contributed by atoms with Crippen LogP contribution in [0.5, 0.6) is 0 Å². The summed E-state index contributed by atoms with van der Waals surface area (Å²) in [4.78, 5) is 17.2. The van der Waals surface area contributed by atoms with Crippen molar-refractivity contribution in [3.05, 3.63) is 29.8 Å². The molecule has 17 heavy (non-hydrogen) atoms. The van der Waals surface area contributed by atoms with Crippen molar-refractivity contribution in [3.63, 3.8) is 0 Å². The van der Waals surface area contributed by atoms with Gasteiger partial charge in [0.1, 0.15) is 0 Å². The predicted octanol–water partition coefficient (Wildman–Crippen LogP) is 0.0204. The van der Waals surface area contributed by atoms with E-state index in [0.717, 1.165) is 6.20 Å². The summed E-state index contributed by atoms with van der Waals surface area (Å²) in [5.41, 5.74) is 5.53. The molecule has 5 nitrogen and oxygen atoms in total. The number of rotatable bonds is 2. The first-order valence-electron chi connectivity index (χ1n) is 5.43. The van der Waals surface area contributed by atoms with E-state index in [4.69, 9.17) is 10.5 Å². The minimum Gasteiger partial charge on any atom is -0.373 e. The van der Waals surface area contributed by atoms with Crippen LogP contribution >= 0.6 is 0 Å². The van der Waals surface area contributed by atoms with Gasteiger partial charge in [-0.2, -0.15) is 0 Å². The highest BCUT2D eigenvalue weighted by molar-refractivity contribution is 5.94. The molecule has 6 heteroatoms. The second-order valence-corrected chi connectivity index (χ2v) is 3.84. The highest BCUT2D eigenvalue weighted by Gasteiger charge is 2.25. The molecule has 1 unspecified atom stereocenters. The molecule has 1 aliphatic heterocycles. The average Bonchev–Trinajstić information content (AvgIpc) is 2.38. The Morgan fingerprint density at radius 2 is 2.53 bits per heavy atom. The Labute approximate surface area is 98.4 Å². The maximum absolute atomic E-state index is 13.4. The van der Waals surface area contributed by atoms with Crippen molar-refractivity contribution in [3.8, 4) is 0 Å². The Kier molecular flexibility index (Phi) is 3.65. The molecule has 0 saturated carbocycles. The highest BCUT2D eigenvalue weighted by Crippen LogP contribution is 2.12. The molecule has 0 spiro atoms. The number of carbonyl (C=O) groups is 1. The minimum atomic E-state index is -0.603. The number of nitrogens with zero attached hydrogens (tertiary/aromatic N) is 2. The summed E-state index contributed by atoms with van der Waals surface area (Å²) in [6.07, 6.45) is 2.27. The first-order valence-corrected chi connectivity index (χ1v) is 5.43. The second kappa shape index (κ2) is 5.20. The summed E-state index contributed by atoms with van der Waals surface area (Å²) in [6, 6.07) is 1.38. The SMILES string of the molecule is NCC1CN(C(=O)c2ccncc2F)CCO1. The third kappa shape index (κ3) is 2.59. The van der Waals surface area contributed by atoms with E-state index in [1.807, 2.05) is 0 Å². The van der Waals surface area contributed by atoms with E-state index in [0.29, 0.717) is 26.2 Å². The van der Waals surface area contributed by atoms with Gasteiger partial charge in [-0.25, -0.2) is 4.39 Å². The fourth-order valence-electron chi connectivity index (χ4n) is 1.77. The molecule has 92 valence electrons. The van der Waals surface area contributed by atoms with Crippen molar-refractivity contribution >= 4 is 5.91 Å². The van der Waals surface area contributed by atoms with E-state index in [2.05, 4.69) is 4.98 Å². The van der Waals surface area contributed by atoms with Crippen molar-refractivity contribution in [2.45, 2.75) is 6.10 Å². The summed E-state index contributed by atoms with van der Waals surface area (Å²) in [6.45, 7) is 1.64. The Bertz CT molecular complexity index is 413. The molecule has 1 aromatic heterocycles. The van der Waals surface area contributed by atoms with E-state index in [1.165, 1.54) is 12.3 Å². The van der Waals surface area contributed by atoms with Gasteiger partial charge < -0.3 is 15.4 Å². The standard InChI is InChI=1S/C11H14FN3O2/c12-10-6-14-2-1-9(10)11(16)15-3-4-17-8(5-13)7-15/h1-2,6,8H,3-5,7,13H2. The molecular weight excluding hydrogens is 225 g/mol. The number of halogens is 1. The van der Waals surface area contributed by atoms with Crippen LogP contribution in [-0.2, 0) is 4.74 Å². The smallest absolute Gasteiger partial charge is 0.257 e. The zero-order valence-electron chi connectivity index (χ0n) is 9.30. The van der Waals surface area contributed by atoms with Gasteiger partial charge in [0.05, 0.1) is 24.5 Å². The predicted molar refractivity (Wildman–Crippen MR) is 58.9 cm³/mol. The van der Waals surface area contributed by atoms with Gasteiger partial charge in [-0.3, -0.25) is 9.78 Å². The molecule has 2 rings (SSSR count). The van der Waals surface area contributed by atoms with Crippen LogP contribution in [0.25, 0.3) is 0 Å². The second-order valence-electron chi connectivity index (χ2n) is 3.84. The lowest BCUT2D eigenvalue weighted by molar-refractivity contribution is -0.0169. The first-order chi connectivity index (χ1) is 8.22. The number of ether oxygens (including phenoxy) is 1. The van der Waals surface area contributed by atoms with Crippen LogP contribution in [0.15, 0.2) is 18.5 Å². The van der Waals surface area contributed by atoms with Gasteiger partial charge >= 0.3 is 0 Å². The third-order valence-corrected chi connectivity index (χ3v) is 2.69. The molecular formula is C11H14FN3O2. The van der Waals surface area contributed by atoms with E-state index in [9.17, 15) is 9.18 Å². The van der Waals surface area contributed by atoms with Gasteiger partial charge in [-0.15, -0.1) is 0 Å². The monoisotopic (exact) mass is 239 g/mol. The van der Waals surface area contributed by atoms with Gasteiger partial charge in [0.2, 0.25) is 0 Å². The Morgan fingerprint density at radius 3 is 3.24 bits per heavy atom. The third-order valence-electron chi connectivity index (χ3n) is 2.69. The minimum absolute atomic E-state index is 0.0395.